The summed E-state index contributed by atoms with van der Waals surface area (Å²) in [7, 11) is -3.57. The van der Waals surface area contributed by atoms with Gasteiger partial charge in [-0.1, -0.05) is 82.9 Å². The van der Waals surface area contributed by atoms with E-state index in [0.717, 1.165) is 19.8 Å². The standard InChI is InChI=1S/C18H30O3S.C2H4O2.Na/c1-2-3-4-5-6-7-8-9-10-14-17-21-22(19,20)18-15-12-11-13-16-18;1-2(3)4;/h11-13,15-16H,2-10,14,17H2,1H3;1H3,(H,3,4);. The number of hydrogen-bond donors (Lipinski definition) is 1. The fourth-order valence-electron chi connectivity index (χ4n) is 2.41. The van der Waals surface area contributed by atoms with E-state index in [9.17, 15) is 8.42 Å². The van der Waals surface area contributed by atoms with Gasteiger partial charge in [-0.25, -0.2) is 0 Å². The topological polar surface area (TPSA) is 80.7 Å². The first-order chi connectivity index (χ1) is 12.4. The monoisotopic (exact) mass is 409 g/mol. The molecule has 0 aliphatic carbocycles. The number of rotatable bonds is 13. The molecule has 0 aromatic heterocycles. The largest absolute Gasteiger partial charge is 0.481 e. The maximum Gasteiger partial charge on any atom is 0.300 e. The van der Waals surface area contributed by atoms with Crippen molar-refractivity contribution in [1.29, 1.82) is 0 Å². The summed E-state index contributed by atoms with van der Waals surface area (Å²) in [4.78, 5) is 9.24. The molecule has 151 valence electrons. The molecule has 5 nitrogen and oxygen atoms in total. The number of hydrogen-bond acceptors (Lipinski definition) is 4. The van der Waals surface area contributed by atoms with Crippen LogP contribution in [0.15, 0.2) is 35.2 Å². The molecule has 0 aliphatic heterocycles. The number of benzene rings is 1. The summed E-state index contributed by atoms with van der Waals surface area (Å²) in [5.74, 6) is -0.833. The Morgan fingerprint density at radius 3 is 1.74 bits per heavy atom. The van der Waals surface area contributed by atoms with Crippen molar-refractivity contribution in [2.24, 2.45) is 0 Å². The molecule has 1 aromatic rings. The van der Waals surface area contributed by atoms with Crippen LogP contribution in [0.5, 0.6) is 0 Å². The van der Waals surface area contributed by atoms with Crippen LogP contribution in [-0.2, 0) is 19.1 Å². The van der Waals surface area contributed by atoms with Crippen LogP contribution in [0.1, 0.15) is 78.1 Å². The molecule has 0 fully saturated rings. The molecule has 1 radical (unpaired) electrons. The van der Waals surface area contributed by atoms with Gasteiger partial charge in [-0.05, 0) is 18.6 Å². The molecule has 0 amide bonds. The van der Waals surface area contributed by atoms with Crippen molar-refractivity contribution in [3.63, 3.8) is 0 Å². The van der Waals surface area contributed by atoms with Crippen molar-refractivity contribution < 1.29 is 22.5 Å². The Labute approximate surface area is 187 Å². The molecule has 0 saturated carbocycles. The van der Waals surface area contributed by atoms with E-state index in [4.69, 9.17) is 14.1 Å². The van der Waals surface area contributed by atoms with Crippen molar-refractivity contribution >= 4 is 45.6 Å². The zero-order valence-corrected chi connectivity index (χ0v) is 20.0. The van der Waals surface area contributed by atoms with Crippen molar-refractivity contribution in [2.75, 3.05) is 6.61 Å². The molecule has 0 unspecified atom stereocenters. The predicted molar refractivity (Wildman–Crippen MR) is 110 cm³/mol. The molecule has 0 heterocycles. The fourth-order valence-corrected chi connectivity index (χ4v) is 3.38. The summed E-state index contributed by atoms with van der Waals surface area (Å²) in [6.07, 6.45) is 12.3. The Kier molecular flexibility index (Phi) is 20.2. The van der Waals surface area contributed by atoms with Gasteiger partial charge in [0, 0.05) is 36.5 Å². The third kappa shape index (κ3) is 18.7. The summed E-state index contributed by atoms with van der Waals surface area (Å²) < 4.78 is 28.8. The van der Waals surface area contributed by atoms with Crippen molar-refractivity contribution in [3.05, 3.63) is 30.3 Å². The Balaban J connectivity index is 0. The minimum atomic E-state index is -3.57. The molecule has 0 bridgehead atoms. The van der Waals surface area contributed by atoms with Gasteiger partial charge in [-0.3, -0.25) is 8.98 Å². The number of aliphatic carboxylic acids is 1. The summed E-state index contributed by atoms with van der Waals surface area (Å²) >= 11 is 0. The van der Waals surface area contributed by atoms with E-state index >= 15 is 0 Å². The zero-order chi connectivity index (χ0) is 19.7. The third-order valence-electron chi connectivity index (χ3n) is 3.77. The first-order valence-corrected chi connectivity index (χ1v) is 10.9. The smallest absolute Gasteiger partial charge is 0.300 e. The molecule has 0 saturated heterocycles. The van der Waals surface area contributed by atoms with E-state index in [1.54, 1.807) is 30.3 Å². The van der Waals surface area contributed by atoms with Gasteiger partial charge >= 0.3 is 0 Å². The predicted octanol–water partition coefficient (Wildman–Crippen LogP) is 5.02. The van der Waals surface area contributed by atoms with Gasteiger partial charge in [-0.15, -0.1) is 0 Å². The van der Waals surface area contributed by atoms with Crippen molar-refractivity contribution in [3.8, 4) is 0 Å². The zero-order valence-electron chi connectivity index (χ0n) is 17.2. The maximum absolute atomic E-state index is 11.9. The summed E-state index contributed by atoms with van der Waals surface area (Å²) in [6.45, 7) is 3.60. The first kappa shape index (κ1) is 28.8. The maximum atomic E-state index is 11.9. The van der Waals surface area contributed by atoms with Crippen LogP contribution in [0.25, 0.3) is 0 Å². The average molecular weight is 410 g/mol. The van der Waals surface area contributed by atoms with E-state index in [1.807, 2.05) is 0 Å². The van der Waals surface area contributed by atoms with E-state index in [1.165, 1.54) is 51.4 Å². The Morgan fingerprint density at radius 2 is 1.30 bits per heavy atom. The first-order valence-electron chi connectivity index (χ1n) is 9.54. The molecule has 0 spiro atoms. The van der Waals surface area contributed by atoms with Gasteiger partial charge in [0.2, 0.25) is 0 Å². The molecule has 0 atom stereocenters. The molecule has 7 heteroatoms. The van der Waals surface area contributed by atoms with Gasteiger partial charge in [0.05, 0.1) is 11.5 Å². The van der Waals surface area contributed by atoms with Crippen LogP contribution in [0, 0.1) is 0 Å². The van der Waals surface area contributed by atoms with E-state index in [-0.39, 0.29) is 41.1 Å². The van der Waals surface area contributed by atoms with Crippen molar-refractivity contribution in [1.82, 2.24) is 0 Å². The molecule has 1 rings (SSSR count). The normalized spacial score (nSPS) is 10.4. The van der Waals surface area contributed by atoms with Crippen molar-refractivity contribution in [2.45, 2.75) is 83.0 Å². The Morgan fingerprint density at radius 1 is 0.889 bits per heavy atom. The second kappa shape index (κ2) is 18.9. The third-order valence-corrected chi connectivity index (χ3v) is 5.09. The average Bonchev–Trinajstić information content (AvgIpc) is 2.60. The van der Waals surface area contributed by atoms with Gasteiger partial charge in [0.1, 0.15) is 0 Å². The van der Waals surface area contributed by atoms with Crippen LogP contribution in [-0.4, -0.2) is 55.7 Å². The number of carbonyl (C=O) groups is 1. The van der Waals surface area contributed by atoms with Crippen LogP contribution >= 0.6 is 0 Å². The van der Waals surface area contributed by atoms with Crippen LogP contribution < -0.4 is 0 Å². The van der Waals surface area contributed by atoms with Gasteiger partial charge in [-0.2, -0.15) is 8.42 Å². The number of carboxylic acids is 1. The van der Waals surface area contributed by atoms with E-state index < -0.39 is 16.1 Å². The van der Waals surface area contributed by atoms with Crippen LogP contribution in [0.2, 0.25) is 0 Å². The van der Waals surface area contributed by atoms with E-state index in [0.29, 0.717) is 0 Å². The minimum Gasteiger partial charge on any atom is -0.481 e. The number of unbranched alkanes of at least 4 members (excludes halogenated alkanes) is 9. The Bertz CT molecular complexity index is 557. The minimum absolute atomic E-state index is 0. The molecular weight excluding hydrogens is 375 g/mol. The second-order valence-electron chi connectivity index (χ2n) is 6.29. The van der Waals surface area contributed by atoms with Crippen LogP contribution in [0.3, 0.4) is 0 Å². The quantitative estimate of drug-likeness (QED) is 0.281. The molecule has 1 aromatic carbocycles. The molecule has 1 N–H and O–H groups in total. The molecule has 0 aliphatic rings. The van der Waals surface area contributed by atoms with E-state index in [2.05, 4.69) is 6.92 Å². The Hall–Kier alpha value is -0.400. The fraction of sp³-hybridized carbons (Fsp3) is 0.650. The second-order valence-corrected chi connectivity index (χ2v) is 7.91. The molecular formula is C20H34NaO5S. The molecule has 27 heavy (non-hydrogen) atoms. The summed E-state index contributed by atoms with van der Waals surface area (Å²) in [6, 6.07) is 8.33. The van der Waals surface area contributed by atoms with Crippen LogP contribution in [0.4, 0.5) is 0 Å². The van der Waals surface area contributed by atoms with Gasteiger partial charge < -0.3 is 5.11 Å². The summed E-state index contributed by atoms with van der Waals surface area (Å²) in [5.41, 5.74) is 0. The SMILES string of the molecule is CC(=O)O.CCCCCCCCCCCCOS(=O)(=O)c1ccccc1.[Na]. The van der Waals surface area contributed by atoms with Gasteiger partial charge in [0.25, 0.3) is 16.1 Å². The summed E-state index contributed by atoms with van der Waals surface area (Å²) in [5, 5.41) is 7.42. The van der Waals surface area contributed by atoms with Gasteiger partial charge in [0.15, 0.2) is 0 Å². The number of carboxylic acid groups (broad SMARTS) is 1.